The Bertz CT molecular complexity index is 302. The minimum Gasteiger partial charge on any atom is -0.443 e. The summed E-state index contributed by atoms with van der Waals surface area (Å²) in [5.41, 5.74) is -0.580. The van der Waals surface area contributed by atoms with E-state index in [-0.39, 0.29) is 13.1 Å². The second-order valence-corrected chi connectivity index (χ2v) is 5.29. The number of ether oxygens (including phenoxy) is 1. The van der Waals surface area contributed by atoms with E-state index in [0.29, 0.717) is 5.17 Å². The molecule has 6 heteroatoms. The zero-order chi connectivity index (χ0) is 12.3. The SMILES string of the molecule is CSC1=NCC(F)CN1C(=O)OC(C)(C)C. The number of halogens is 1. The highest BCUT2D eigenvalue weighted by Crippen LogP contribution is 2.17. The largest absolute Gasteiger partial charge is 0.443 e. The molecule has 4 nitrogen and oxygen atoms in total. The van der Waals surface area contributed by atoms with Crippen LogP contribution < -0.4 is 0 Å². The van der Waals surface area contributed by atoms with E-state index in [0.717, 1.165) is 0 Å². The van der Waals surface area contributed by atoms with Crippen molar-refractivity contribution >= 4 is 23.0 Å². The number of rotatable bonds is 0. The molecule has 0 fully saturated rings. The molecule has 0 spiro atoms. The Morgan fingerprint density at radius 1 is 1.62 bits per heavy atom. The van der Waals surface area contributed by atoms with Gasteiger partial charge in [0.1, 0.15) is 11.8 Å². The molecule has 1 rings (SSSR count). The smallest absolute Gasteiger partial charge is 0.416 e. The average molecular weight is 248 g/mol. The van der Waals surface area contributed by atoms with Crippen LogP contribution in [0.25, 0.3) is 0 Å². The Morgan fingerprint density at radius 2 is 2.25 bits per heavy atom. The van der Waals surface area contributed by atoms with Crippen molar-refractivity contribution in [1.82, 2.24) is 4.90 Å². The highest BCUT2D eigenvalue weighted by Gasteiger charge is 2.30. The highest BCUT2D eigenvalue weighted by molar-refractivity contribution is 8.13. The van der Waals surface area contributed by atoms with Crippen LogP contribution in [0.15, 0.2) is 4.99 Å². The van der Waals surface area contributed by atoms with E-state index in [1.807, 2.05) is 0 Å². The maximum atomic E-state index is 13.2. The van der Waals surface area contributed by atoms with E-state index in [4.69, 9.17) is 4.74 Å². The summed E-state index contributed by atoms with van der Waals surface area (Å²) in [5, 5.41) is 0.517. The van der Waals surface area contributed by atoms with Gasteiger partial charge in [0.2, 0.25) is 0 Å². The summed E-state index contributed by atoms with van der Waals surface area (Å²) in [6.45, 7) is 5.47. The Kier molecular flexibility index (Phi) is 4.18. The van der Waals surface area contributed by atoms with Gasteiger partial charge in [0.15, 0.2) is 5.17 Å². The summed E-state index contributed by atoms with van der Waals surface area (Å²) in [6, 6.07) is 0. The van der Waals surface area contributed by atoms with Crippen molar-refractivity contribution in [1.29, 1.82) is 0 Å². The summed E-state index contributed by atoms with van der Waals surface area (Å²) in [5.74, 6) is 0. The zero-order valence-corrected chi connectivity index (χ0v) is 10.8. The summed E-state index contributed by atoms with van der Waals surface area (Å²) >= 11 is 1.32. The van der Waals surface area contributed by atoms with Crippen LogP contribution in [0.5, 0.6) is 0 Å². The van der Waals surface area contributed by atoms with Crippen molar-refractivity contribution < 1.29 is 13.9 Å². The standard InChI is InChI=1S/C10H17FN2O2S/c1-10(2,3)15-9(14)13-6-7(11)5-12-8(13)16-4/h7H,5-6H2,1-4H3. The number of thioether (sulfide) groups is 1. The molecule has 0 aromatic heterocycles. The Morgan fingerprint density at radius 3 is 2.75 bits per heavy atom. The fraction of sp³-hybridized carbons (Fsp3) is 0.800. The molecule has 1 aliphatic heterocycles. The molecular weight excluding hydrogens is 231 g/mol. The van der Waals surface area contributed by atoms with Gasteiger partial charge in [-0.3, -0.25) is 9.89 Å². The minimum atomic E-state index is -1.11. The first-order chi connectivity index (χ1) is 7.33. The van der Waals surface area contributed by atoms with Crippen molar-refractivity contribution in [2.75, 3.05) is 19.3 Å². The van der Waals surface area contributed by atoms with Crippen LogP contribution in [0.2, 0.25) is 0 Å². The van der Waals surface area contributed by atoms with E-state index in [1.54, 1.807) is 27.0 Å². The molecule has 1 heterocycles. The number of amidine groups is 1. The van der Waals surface area contributed by atoms with Crippen LogP contribution in [0.3, 0.4) is 0 Å². The van der Waals surface area contributed by atoms with Gasteiger partial charge in [0, 0.05) is 0 Å². The molecule has 1 unspecified atom stereocenters. The maximum absolute atomic E-state index is 13.2. The number of nitrogens with zero attached hydrogens (tertiary/aromatic N) is 2. The van der Waals surface area contributed by atoms with Gasteiger partial charge in [-0.2, -0.15) is 0 Å². The van der Waals surface area contributed by atoms with Crippen molar-refractivity contribution in [2.45, 2.75) is 32.5 Å². The fourth-order valence-electron chi connectivity index (χ4n) is 1.24. The van der Waals surface area contributed by atoms with E-state index >= 15 is 0 Å². The number of carbonyl (C=O) groups is 1. The lowest BCUT2D eigenvalue weighted by Gasteiger charge is -2.30. The van der Waals surface area contributed by atoms with Gasteiger partial charge in [-0.25, -0.2) is 9.18 Å². The van der Waals surface area contributed by atoms with Crippen LogP contribution in [-0.2, 0) is 4.74 Å². The van der Waals surface area contributed by atoms with E-state index in [2.05, 4.69) is 4.99 Å². The van der Waals surface area contributed by atoms with Crippen molar-refractivity contribution in [3.05, 3.63) is 0 Å². The lowest BCUT2D eigenvalue weighted by molar-refractivity contribution is 0.0334. The first-order valence-electron chi connectivity index (χ1n) is 5.06. The highest BCUT2D eigenvalue weighted by atomic mass is 32.2. The van der Waals surface area contributed by atoms with Crippen LogP contribution in [0.1, 0.15) is 20.8 Å². The number of carbonyl (C=O) groups excluding carboxylic acids is 1. The van der Waals surface area contributed by atoms with Gasteiger partial charge in [-0.1, -0.05) is 11.8 Å². The molecule has 0 radical (unpaired) electrons. The molecule has 0 bridgehead atoms. The van der Waals surface area contributed by atoms with Crippen molar-refractivity contribution in [3.63, 3.8) is 0 Å². The molecule has 1 amide bonds. The number of amides is 1. The van der Waals surface area contributed by atoms with E-state index < -0.39 is 17.9 Å². The topological polar surface area (TPSA) is 41.9 Å². The molecule has 0 aromatic carbocycles. The molecule has 0 aromatic rings. The van der Waals surface area contributed by atoms with Gasteiger partial charge in [-0.05, 0) is 27.0 Å². The van der Waals surface area contributed by atoms with Crippen molar-refractivity contribution in [3.8, 4) is 0 Å². The molecule has 92 valence electrons. The second kappa shape index (κ2) is 5.03. The molecule has 1 aliphatic rings. The first kappa shape index (κ1) is 13.3. The first-order valence-corrected chi connectivity index (χ1v) is 6.29. The van der Waals surface area contributed by atoms with E-state index in [9.17, 15) is 9.18 Å². The third-order valence-corrected chi connectivity index (χ3v) is 2.55. The predicted octanol–water partition coefficient (Wildman–Crippen LogP) is 2.29. The number of alkyl halides is 1. The fourth-order valence-corrected chi connectivity index (χ4v) is 1.81. The Labute approximate surface area is 99.2 Å². The molecule has 0 aliphatic carbocycles. The van der Waals surface area contributed by atoms with Gasteiger partial charge in [0.25, 0.3) is 0 Å². The summed E-state index contributed by atoms with van der Waals surface area (Å²) < 4.78 is 18.4. The Hall–Kier alpha value is -0.780. The second-order valence-electron chi connectivity index (χ2n) is 4.52. The third-order valence-electron chi connectivity index (χ3n) is 1.83. The normalized spacial score (nSPS) is 21.7. The lowest BCUT2D eigenvalue weighted by Crippen LogP contribution is -2.46. The van der Waals surface area contributed by atoms with Gasteiger partial charge in [0.05, 0.1) is 13.1 Å². The van der Waals surface area contributed by atoms with Crippen LogP contribution >= 0.6 is 11.8 Å². The summed E-state index contributed by atoms with van der Waals surface area (Å²) in [6.07, 6.45) is 0.153. The molecular formula is C10H17FN2O2S. The van der Waals surface area contributed by atoms with Crippen molar-refractivity contribution in [2.24, 2.45) is 4.99 Å². The predicted molar refractivity (Wildman–Crippen MR) is 63.7 cm³/mol. The third kappa shape index (κ3) is 3.66. The number of hydrogen-bond donors (Lipinski definition) is 0. The van der Waals surface area contributed by atoms with Crippen LogP contribution in [-0.4, -0.2) is 47.3 Å². The summed E-state index contributed by atoms with van der Waals surface area (Å²) in [7, 11) is 0. The van der Waals surface area contributed by atoms with Gasteiger partial charge < -0.3 is 4.74 Å². The molecule has 0 saturated heterocycles. The molecule has 0 N–H and O–H groups in total. The van der Waals surface area contributed by atoms with Crippen LogP contribution in [0.4, 0.5) is 9.18 Å². The Balaban J connectivity index is 2.73. The summed E-state index contributed by atoms with van der Waals surface area (Å²) in [4.78, 5) is 17.0. The minimum absolute atomic E-state index is 0.0224. The van der Waals surface area contributed by atoms with E-state index in [1.165, 1.54) is 16.7 Å². The molecule has 1 atom stereocenters. The maximum Gasteiger partial charge on any atom is 0.416 e. The van der Waals surface area contributed by atoms with Crippen LogP contribution in [0, 0.1) is 0 Å². The number of hydrogen-bond acceptors (Lipinski definition) is 4. The monoisotopic (exact) mass is 248 g/mol. The quantitative estimate of drug-likeness (QED) is 0.660. The molecule has 0 saturated carbocycles. The average Bonchev–Trinajstić information content (AvgIpc) is 2.15. The van der Waals surface area contributed by atoms with Gasteiger partial charge in [-0.15, -0.1) is 0 Å². The number of aliphatic imine (C=N–C) groups is 1. The zero-order valence-electron chi connectivity index (χ0n) is 9.99. The lowest BCUT2D eigenvalue weighted by atomic mass is 10.2. The molecule has 16 heavy (non-hydrogen) atoms. The van der Waals surface area contributed by atoms with Gasteiger partial charge >= 0.3 is 6.09 Å².